The van der Waals surface area contributed by atoms with E-state index in [1.54, 1.807) is 11.3 Å². The molecule has 1 aromatic rings. The van der Waals surface area contributed by atoms with Crippen LogP contribution in [-0.2, 0) is 15.0 Å². The third kappa shape index (κ3) is 3.56. The van der Waals surface area contributed by atoms with E-state index in [0.29, 0.717) is 6.54 Å². The fraction of sp³-hybridized carbons (Fsp3) is 0.500. The lowest BCUT2D eigenvalue weighted by Crippen LogP contribution is -2.40. The van der Waals surface area contributed by atoms with E-state index < -0.39 is 17.8 Å². The van der Waals surface area contributed by atoms with Crippen molar-refractivity contribution >= 4 is 23.2 Å². The second-order valence-electron chi connectivity index (χ2n) is 4.64. The summed E-state index contributed by atoms with van der Waals surface area (Å²) in [5, 5.41) is 13.4. The average molecular weight is 255 g/mol. The first-order chi connectivity index (χ1) is 7.84. The Morgan fingerprint density at radius 3 is 2.65 bits per heavy atom. The first-order valence-corrected chi connectivity index (χ1v) is 6.27. The van der Waals surface area contributed by atoms with Gasteiger partial charge in [0, 0.05) is 16.8 Å². The summed E-state index contributed by atoms with van der Waals surface area (Å²) in [4.78, 5) is 23.3. The summed E-state index contributed by atoms with van der Waals surface area (Å²) in [5.41, 5.74) is -0.179. The molecule has 1 rings (SSSR count). The number of thiophene rings is 1. The zero-order chi connectivity index (χ0) is 13.1. The van der Waals surface area contributed by atoms with Crippen molar-refractivity contribution in [3.63, 3.8) is 0 Å². The van der Waals surface area contributed by atoms with E-state index >= 15 is 0 Å². The Morgan fingerprint density at radius 2 is 2.18 bits per heavy atom. The molecule has 0 aliphatic heterocycles. The largest absolute Gasteiger partial charge is 0.481 e. The standard InChI is InChI=1S/C12H17NO3S/c1-8(11(15)16)10(14)13-7-12(2,3)9-5-4-6-17-9/h4-6,8H,7H2,1-3H3,(H,13,14)(H,15,16). The molecule has 0 radical (unpaired) electrons. The van der Waals surface area contributed by atoms with Gasteiger partial charge in [-0.05, 0) is 18.4 Å². The predicted octanol–water partition coefficient (Wildman–Crippen LogP) is 1.86. The molecule has 4 nitrogen and oxygen atoms in total. The molecule has 17 heavy (non-hydrogen) atoms. The minimum Gasteiger partial charge on any atom is -0.481 e. The lowest BCUT2D eigenvalue weighted by atomic mass is 9.91. The number of carbonyl (C=O) groups excluding carboxylic acids is 1. The third-order valence-corrected chi connectivity index (χ3v) is 3.89. The van der Waals surface area contributed by atoms with Gasteiger partial charge in [0.25, 0.3) is 0 Å². The van der Waals surface area contributed by atoms with E-state index in [9.17, 15) is 9.59 Å². The molecule has 94 valence electrons. The minimum absolute atomic E-state index is 0.179. The molecule has 0 fully saturated rings. The molecule has 0 spiro atoms. The normalized spacial score (nSPS) is 13.1. The van der Waals surface area contributed by atoms with E-state index in [2.05, 4.69) is 5.32 Å². The van der Waals surface area contributed by atoms with Gasteiger partial charge in [-0.1, -0.05) is 19.9 Å². The molecular formula is C12H17NO3S. The van der Waals surface area contributed by atoms with Crippen molar-refractivity contribution in [3.05, 3.63) is 22.4 Å². The minimum atomic E-state index is -1.10. The Bertz CT molecular complexity index is 398. The molecule has 1 unspecified atom stereocenters. The lowest BCUT2D eigenvalue weighted by Gasteiger charge is -2.24. The van der Waals surface area contributed by atoms with Crippen molar-refractivity contribution in [1.82, 2.24) is 5.32 Å². The second-order valence-corrected chi connectivity index (χ2v) is 5.59. The summed E-state index contributed by atoms with van der Waals surface area (Å²) in [7, 11) is 0. The maximum atomic E-state index is 11.5. The van der Waals surface area contributed by atoms with E-state index in [1.165, 1.54) is 11.8 Å². The summed E-state index contributed by atoms with van der Waals surface area (Å²) in [5.74, 6) is -2.55. The summed E-state index contributed by atoms with van der Waals surface area (Å²) >= 11 is 1.63. The van der Waals surface area contributed by atoms with Crippen LogP contribution in [0.3, 0.4) is 0 Å². The maximum absolute atomic E-state index is 11.5. The summed E-state index contributed by atoms with van der Waals surface area (Å²) in [6.45, 7) is 5.86. The monoisotopic (exact) mass is 255 g/mol. The quantitative estimate of drug-likeness (QED) is 0.789. The Morgan fingerprint density at radius 1 is 1.53 bits per heavy atom. The molecule has 1 heterocycles. The van der Waals surface area contributed by atoms with Crippen LogP contribution in [0.2, 0.25) is 0 Å². The fourth-order valence-electron chi connectivity index (χ4n) is 1.32. The number of rotatable bonds is 5. The van der Waals surface area contributed by atoms with E-state index in [0.717, 1.165) is 0 Å². The van der Waals surface area contributed by atoms with Gasteiger partial charge in [-0.3, -0.25) is 9.59 Å². The fourth-order valence-corrected chi connectivity index (χ4v) is 2.18. The molecule has 0 saturated carbocycles. The summed E-state index contributed by atoms with van der Waals surface area (Å²) < 4.78 is 0. The van der Waals surface area contributed by atoms with E-state index in [-0.39, 0.29) is 5.41 Å². The van der Waals surface area contributed by atoms with Crippen molar-refractivity contribution in [1.29, 1.82) is 0 Å². The molecule has 1 aromatic heterocycles. The third-order valence-electron chi connectivity index (χ3n) is 2.66. The molecule has 0 aliphatic carbocycles. The van der Waals surface area contributed by atoms with Crippen molar-refractivity contribution < 1.29 is 14.7 Å². The van der Waals surface area contributed by atoms with Crippen LogP contribution in [0.5, 0.6) is 0 Å². The highest BCUT2D eigenvalue weighted by atomic mass is 32.1. The number of hydrogen-bond donors (Lipinski definition) is 2. The van der Waals surface area contributed by atoms with Crippen LogP contribution in [0.25, 0.3) is 0 Å². The smallest absolute Gasteiger partial charge is 0.315 e. The number of amides is 1. The van der Waals surface area contributed by atoms with Crippen LogP contribution in [0, 0.1) is 5.92 Å². The van der Waals surface area contributed by atoms with E-state index in [4.69, 9.17) is 5.11 Å². The van der Waals surface area contributed by atoms with Crippen LogP contribution >= 0.6 is 11.3 Å². The van der Waals surface area contributed by atoms with Gasteiger partial charge in [-0.15, -0.1) is 11.3 Å². The topological polar surface area (TPSA) is 66.4 Å². The first kappa shape index (κ1) is 13.7. The number of carboxylic acids is 1. The molecular weight excluding hydrogens is 238 g/mol. The van der Waals surface area contributed by atoms with Gasteiger partial charge < -0.3 is 10.4 Å². The number of carboxylic acid groups (broad SMARTS) is 1. The van der Waals surface area contributed by atoms with Crippen molar-refractivity contribution in [2.24, 2.45) is 5.92 Å². The van der Waals surface area contributed by atoms with Gasteiger partial charge in [0.05, 0.1) is 0 Å². The molecule has 0 aliphatic rings. The number of aliphatic carboxylic acids is 1. The SMILES string of the molecule is CC(C(=O)O)C(=O)NCC(C)(C)c1cccs1. The highest BCUT2D eigenvalue weighted by Crippen LogP contribution is 2.26. The van der Waals surface area contributed by atoms with Crippen LogP contribution in [0.15, 0.2) is 17.5 Å². The zero-order valence-corrected chi connectivity index (χ0v) is 11.0. The molecule has 1 atom stereocenters. The van der Waals surface area contributed by atoms with Gasteiger partial charge >= 0.3 is 5.97 Å². The predicted molar refractivity (Wildman–Crippen MR) is 67.2 cm³/mol. The molecule has 0 aromatic carbocycles. The Kier molecular flexibility index (Phi) is 4.28. The number of hydrogen-bond acceptors (Lipinski definition) is 3. The highest BCUT2D eigenvalue weighted by molar-refractivity contribution is 7.10. The van der Waals surface area contributed by atoms with Gasteiger partial charge in [0.15, 0.2) is 0 Å². The molecule has 1 amide bonds. The van der Waals surface area contributed by atoms with Crippen molar-refractivity contribution in [3.8, 4) is 0 Å². The van der Waals surface area contributed by atoms with Crippen LogP contribution in [0.1, 0.15) is 25.6 Å². The average Bonchev–Trinajstić information content (AvgIpc) is 2.78. The van der Waals surface area contributed by atoms with Crippen LogP contribution in [-0.4, -0.2) is 23.5 Å². The first-order valence-electron chi connectivity index (χ1n) is 5.39. The van der Waals surface area contributed by atoms with Gasteiger partial charge in [-0.25, -0.2) is 0 Å². The van der Waals surface area contributed by atoms with Gasteiger partial charge in [-0.2, -0.15) is 0 Å². The van der Waals surface area contributed by atoms with Gasteiger partial charge in [0.1, 0.15) is 5.92 Å². The molecule has 0 bridgehead atoms. The Balaban J connectivity index is 2.56. The maximum Gasteiger partial charge on any atom is 0.315 e. The highest BCUT2D eigenvalue weighted by Gasteiger charge is 2.25. The van der Waals surface area contributed by atoms with E-state index in [1.807, 2.05) is 31.4 Å². The molecule has 5 heteroatoms. The number of carbonyl (C=O) groups is 2. The summed E-state index contributed by atoms with van der Waals surface area (Å²) in [6.07, 6.45) is 0. The lowest BCUT2D eigenvalue weighted by molar-refractivity contribution is -0.146. The Labute approximate surface area is 105 Å². The van der Waals surface area contributed by atoms with Crippen molar-refractivity contribution in [2.45, 2.75) is 26.2 Å². The van der Waals surface area contributed by atoms with Crippen molar-refractivity contribution in [2.75, 3.05) is 6.54 Å². The van der Waals surface area contributed by atoms with Crippen LogP contribution < -0.4 is 5.32 Å². The zero-order valence-electron chi connectivity index (χ0n) is 10.2. The summed E-state index contributed by atoms with van der Waals surface area (Å²) in [6, 6.07) is 3.97. The molecule has 2 N–H and O–H groups in total. The second kappa shape index (κ2) is 5.31. The molecule has 0 saturated heterocycles. The number of nitrogens with one attached hydrogen (secondary N) is 1. The van der Waals surface area contributed by atoms with Gasteiger partial charge in [0.2, 0.25) is 5.91 Å². The van der Waals surface area contributed by atoms with Crippen LogP contribution in [0.4, 0.5) is 0 Å². The Hall–Kier alpha value is -1.36.